The number of amides is 2. The van der Waals surface area contributed by atoms with Crippen LogP contribution in [0.2, 0.25) is 0 Å². The third-order valence-corrected chi connectivity index (χ3v) is 6.30. The maximum atomic E-state index is 12.8. The topological polar surface area (TPSA) is 111 Å². The second-order valence-corrected chi connectivity index (χ2v) is 9.43. The summed E-state index contributed by atoms with van der Waals surface area (Å²) >= 11 is 6.35. The van der Waals surface area contributed by atoms with E-state index >= 15 is 0 Å². The molecule has 0 aromatic heterocycles. The van der Waals surface area contributed by atoms with E-state index in [-0.39, 0.29) is 35.0 Å². The van der Waals surface area contributed by atoms with Crippen molar-refractivity contribution in [3.05, 3.63) is 34.7 Å². The highest BCUT2D eigenvalue weighted by molar-refractivity contribution is 8.26. The molecule has 2 rings (SSSR count). The van der Waals surface area contributed by atoms with E-state index in [4.69, 9.17) is 26.4 Å². The van der Waals surface area contributed by atoms with Gasteiger partial charge in [-0.05, 0) is 49.5 Å². The van der Waals surface area contributed by atoms with Gasteiger partial charge in [0.1, 0.15) is 22.7 Å². The number of esters is 2. The van der Waals surface area contributed by atoms with Crippen molar-refractivity contribution < 1.29 is 33.4 Å². The molecule has 2 amide bonds. The summed E-state index contributed by atoms with van der Waals surface area (Å²) < 4.78 is 15.3. The van der Waals surface area contributed by atoms with Crippen LogP contribution in [0.15, 0.2) is 29.2 Å². The molecule has 0 bridgehead atoms. The number of hydrogen-bond acceptors (Lipinski definition) is 9. The molecule has 1 aromatic rings. The van der Waals surface area contributed by atoms with E-state index in [0.29, 0.717) is 22.5 Å². The molecule has 34 heavy (non-hydrogen) atoms. The number of carbonyl (C=O) groups is 4. The Labute approximate surface area is 208 Å². The average Bonchev–Trinajstić information content (AvgIpc) is 3.05. The fraction of sp³-hybridized carbons (Fsp3) is 0.435. The minimum atomic E-state index is -0.830. The lowest BCUT2D eigenvalue weighted by molar-refractivity contribution is -0.145. The van der Waals surface area contributed by atoms with Crippen molar-refractivity contribution in [3.63, 3.8) is 0 Å². The van der Waals surface area contributed by atoms with Gasteiger partial charge in [-0.15, -0.1) is 0 Å². The summed E-state index contributed by atoms with van der Waals surface area (Å²) in [5.74, 6) is -1.11. The first-order valence-corrected chi connectivity index (χ1v) is 11.9. The molecule has 1 aromatic carbocycles. The van der Waals surface area contributed by atoms with E-state index < -0.39 is 24.1 Å². The number of thiocarbonyl (C=S) groups is 1. The van der Waals surface area contributed by atoms with Crippen LogP contribution >= 0.6 is 24.0 Å². The van der Waals surface area contributed by atoms with Gasteiger partial charge in [0.05, 0.1) is 18.6 Å². The Morgan fingerprint density at radius 3 is 2.56 bits per heavy atom. The molecular weight excluding hydrogens is 480 g/mol. The van der Waals surface area contributed by atoms with Crippen LogP contribution in [0.4, 0.5) is 4.79 Å². The third-order valence-electron chi connectivity index (χ3n) is 4.74. The van der Waals surface area contributed by atoms with Crippen molar-refractivity contribution in [1.82, 2.24) is 10.2 Å². The smallest absolute Gasteiger partial charge is 0.413 e. The molecule has 9 nitrogen and oxygen atoms in total. The van der Waals surface area contributed by atoms with Gasteiger partial charge in [0.25, 0.3) is 5.91 Å². The van der Waals surface area contributed by atoms with Crippen LogP contribution in [0.5, 0.6) is 5.75 Å². The molecule has 0 unspecified atom stereocenters. The summed E-state index contributed by atoms with van der Waals surface area (Å²) in [6, 6.07) is 5.78. The van der Waals surface area contributed by atoms with Crippen LogP contribution in [0.1, 0.15) is 39.7 Å². The van der Waals surface area contributed by atoms with Crippen LogP contribution in [0, 0.1) is 5.92 Å². The fourth-order valence-electron chi connectivity index (χ4n) is 3.13. The molecule has 1 heterocycles. The Balaban J connectivity index is 2.16. The van der Waals surface area contributed by atoms with Crippen molar-refractivity contribution in [2.45, 2.75) is 40.2 Å². The van der Waals surface area contributed by atoms with E-state index in [1.54, 1.807) is 38.1 Å². The van der Waals surface area contributed by atoms with Crippen molar-refractivity contribution in [1.29, 1.82) is 0 Å². The molecule has 1 fully saturated rings. The van der Waals surface area contributed by atoms with Gasteiger partial charge in [0.2, 0.25) is 0 Å². The average molecular weight is 509 g/mol. The fourth-order valence-corrected chi connectivity index (χ4v) is 4.43. The highest BCUT2D eigenvalue weighted by Gasteiger charge is 2.35. The minimum absolute atomic E-state index is 0.151. The standard InChI is InChI=1S/C23H28N2O7S2/c1-6-31-18(26)12-25-20(27)19(34-23(25)33)14(4)15-8-7-9-16(11-15)32-22(29)24-17(10-13(2)3)21(28)30-5/h7-9,11,13,17H,6,10,12H2,1-5H3,(H,24,29)/b19-14-/t17-/m0/s1. The lowest BCUT2D eigenvalue weighted by Crippen LogP contribution is -2.43. The molecule has 1 N–H and O–H groups in total. The summed E-state index contributed by atoms with van der Waals surface area (Å²) in [7, 11) is 1.25. The summed E-state index contributed by atoms with van der Waals surface area (Å²) in [6.07, 6.45) is -0.402. The van der Waals surface area contributed by atoms with Gasteiger partial charge in [-0.3, -0.25) is 14.5 Å². The Hall–Kier alpha value is -2.92. The molecule has 184 valence electrons. The zero-order valence-corrected chi connectivity index (χ0v) is 21.3. The Morgan fingerprint density at radius 1 is 1.24 bits per heavy atom. The number of methoxy groups -OCH3 is 1. The number of rotatable bonds is 9. The van der Waals surface area contributed by atoms with Gasteiger partial charge in [-0.1, -0.05) is 50.0 Å². The number of benzene rings is 1. The van der Waals surface area contributed by atoms with Crippen LogP contribution in [-0.2, 0) is 23.9 Å². The van der Waals surface area contributed by atoms with Gasteiger partial charge in [0, 0.05) is 0 Å². The molecule has 1 saturated heterocycles. The summed E-state index contributed by atoms with van der Waals surface area (Å²) in [4.78, 5) is 50.5. The Morgan fingerprint density at radius 2 is 1.94 bits per heavy atom. The van der Waals surface area contributed by atoms with Gasteiger partial charge in [-0.2, -0.15) is 0 Å². The molecule has 1 atom stereocenters. The number of thioether (sulfide) groups is 1. The van der Waals surface area contributed by atoms with Gasteiger partial charge >= 0.3 is 18.0 Å². The molecule has 1 aliphatic rings. The normalized spacial score (nSPS) is 15.8. The van der Waals surface area contributed by atoms with Crippen molar-refractivity contribution >= 4 is 57.8 Å². The first kappa shape index (κ1) is 27.3. The number of carbonyl (C=O) groups excluding carboxylic acids is 4. The third kappa shape index (κ3) is 7.29. The summed E-state index contributed by atoms with van der Waals surface area (Å²) in [5.41, 5.74) is 1.25. The number of allylic oxidation sites excluding steroid dienone is 1. The number of ether oxygens (including phenoxy) is 3. The number of nitrogens with zero attached hydrogens (tertiary/aromatic N) is 1. The second-order valence-electron chi connectivity index (χ2n) is 7.79. The zero-order valence-electron chi connectivity index (χ0n) is 19.7. The second kappa shape index (κ2) is 12.5. The zero-order chi connectivity index (χ0) is 25.4. The molecular formula is C23H28N2O7S2. The maximum absolute atomic E-state index is 12.8. The van der Waals surface area contributed by atoms with Gasteiger partial charge in [-0.25, -0.2) is 9.59 Å². The first-order valence-electron chi connectivity index (χ1n) is 10.6. The minimum Gasteiger partial charge on any atom is -0.467 e. The van der Waals surface area contributed by atoms with E-state index in [1.807, 2.05) is 13.8 Å². The van der Waals surface area contributed by atoms with Gasteiger partial charge in [0.15, 0.2) is 0 Å². The monoisotopic (exact) mass is 508 g/mol. The molecule has 0 saturated carbocycles. The predicted molar refractivity (Wildman–Crippen MR) is 132 cm³/mol. The van der Waals surface area contributed by atoms with E-state index in [1.165, 1.54) is 12.0 Å². The molecule has 11 heteroatoms. The van der Waals surface area contributed by atoms with Crippen LogP contribution in [0.3, 0.4) is 0 Å². The maximum Gasteiger partial charge on any atom is 0.413 e. The van der Waals surface area contributed by atoms with Crippen molar-refractivity contribution in [3.8, 4) is 5.75 Å². The Kier molecular flexibility index (Phi) is 10.1. The van der Waals surface area contributed by atoms with Crippen molar-refractivity contribution in [2.75, 3.05) is 20.3 Å². The van der Waals surface area contributed by atoms with Crippen LogP contribution in [0.25, 0.3) is 5.57 Å². The van der Waals surface area contributed by atoms with Crippen molar-refractivity contribution in [2.24, 2.45) is 5.92 Å². The van der Waals surface area contributed by atoms with E-state index in [2.05, 4.69) is 5.32 Å². The molecule has 0 aliphatic carbocycles. The van der Waals surface area contributed by atoms with Gasteiger partial charge < -0.3 is 19.5 Å². The van der Waals surface area contributed by atoms with E-state index in [9.17, 15) is 19.2 Å². The van der Waals surface area contributed by atoms with Crippen LogP contribution < -0.4 is 10.1 Å². The summed E-state index contributed by atoms with van der Waals surface area (Å²) in [6.45, 7) is 7.22. The van der Waals surface area contributed by atoms with E-state index in [0.717, 1.165) is 11.8 Å². The highest BCUT2D eigenvalue weighted by Crippen LogP contribution is 2.37. The largest absolute Gasteiger partial charge is 0.467 e. The quantitative estimate of drug-likeness (QED) is 0.304. The lowest BCUT2D eigenvalue weighted by atomic mass is 10.0. The van der Waals surface area contributed by atoms with Crippen LogP contribution in [-0.4, -0.2) is 59.5 Å². The molecule has 0 spiro atoms. The Bertz CT molecular complexity index is 1010. The lowest BCUT2D eigenvalue weighted by Gasteiger charge is -2.18. The first-order chi connectivity index (χ1) is 16.1. The summed E-state index contributed by atoms with van der Waals surface area (Å²) in [5, 5.41) is 2.52. The number of nitrogens with one attached hydrogen (secondary N) is 1. The SMILES string of the molecule is CCOC(=O)CN1C(=O)/C(=C(\C)c2cccc(OC(=O)N[C@@H](CC(C)C)C(=O)OC)c2)SC1=S. The molecule has 1 aliphatic heterocycles. The molecule has 0 radical (unpaired) electrons. The highest BCUT2D eigenvalue weighted by atomic mass is 32.2. The number of hydrogen-bond donors (Lipinski definition) is 1. The predicted octanol–water partition coefficient (Wildman–Crippen LogP) is 3.52.